The maximum absolute atomic E-state index is 8.56. The summed E-state index contributed by atoms with van der Waals surface area (Å²) in [4.78, 5) is 0. The predicted octanol–water partition coefficient (Wildman–Crippen LogP) is 2.39. The number of aliphatic hydroxyl groups is 1. The standard InChI is InChI=1S/C14H19NO2S/c16-7-9-17-8-3-6-15-10-12-11-18-14-5-2-1-4-13(12)14/h1-2,4-5,11,15-16H,3,6-10H2. The summed E-state index contributed by atoms with van der Waals surface area (Å²) < 4.78 is 6.55. The first-order valence-electron chi connectivity index (χ1n) is 6.26. The van der Waals surface area contributed by atoms with Gasteiger partial charge >= 0.3 is 0 Å². The van der Waals surface area contributed by atoms with Crippen LogP contribution < -0.4 is 5.32 Å². The van der Waals surface area contributed by atoms with Crippen molar-refractivity contribution in [3.05, 3.63) is 35.2 Å². The number of hydrogen-bond donors (Lipinski definition) is 2. The van der Waals surface area contributed by atoms with Crippen LogP contribution in [-0.2, 0) is 11.3 Å². The number of aliphatic hydroxyl groups excluding tert-OH is 1. The zero-order chi connectivity index (χ0) is 12.6. The third-order valence-corrected chi connectivity index (χ3v) is 3.77. The van der Waals surface area contributed by atoms with E-state index in [9.17, 15) is 0 Å². The van der Waals surface area contributed by atoms with Crippen LogP contribution in [0.3, 0.4) is 0 Å². The fourth-order valence-corrected chi connectivity index (χ4v) is 2.82. The second-order valence-electron chi connectivity index (χ2n) is 4.12. The lowest BCUT2D eigenvalue weighted by molar-refractivity contribution is 0.0907. The summed E-state index contributed by atoms with van der Waals surface area (Å²) >= 11 is 1.80. The van der Waals surface area contributed by atoms with Crippen LogP contribution in [0.1, 0.15) is 12.0 Å². The highest BCUT2D eigenvalue weighted by Gasteiger charge is 2.01. The molecule has 2 N–H and O–H groups in total. The molecule has 1 heterocycles. The topological polar surface area (TPSA) is 41.5 Å². The zero-order valence-electron chi connectivity index (χ0n) is 10.4. The van der Waals surface area contributed by atoms with Gasteiger partial charge in [-0.25, -0.2) is 0 Å². The number of fused-ring (bicyclic) bond motifs is 1. The van der Waals surface area contributed by atoms with E-state index in [-0.39, 0.29) is 6.61 Å². The van der Waals surface area contributed by atoms with Gasteiger partial charge in [0.25, 0.3) is 0 Å². The Kier molecular flexibility index (Phi) is 5.61. The Labute approximate surface area is 111 Å². The normalized spacial score (nSPS) is 11.2. The average molecular weight is 265 g/mol. The van der Waals surface area contributed by atoms with E-state index >= 15 is 0 Å². The van der Waals surface area contributed by atoms with Crippen molar-refractivity contribution in [1.82, 2.24) is 5.32 Å². The van der Waals surface area contributed by atoms with Crippen molar-refractivity contribution in [2.75, 3.05) is 26.4 Å². The third kappa shape index (κ3) is 3.78. The molecule has 0 saturated heterocycles. The molecular weight excluding hydrogens is 246 g/mol. The van der Waals surface area contributed by atoms with Gasteiger partial charge in [0, 0.05) is 17.9 Å². The second-order valence-corrected chi connectivity index (χ2v) is 5.03. The molecule has 0 bridgehead atoms. The Morgan fingerprint density at radius 2 is 2.11 bits per heavy atom. The predicted molar refractivity (Wildman–Crippen MR) is 76.1 cm³/mol. The van der Waals surface area contributed by atoms with Crippen molar-refractivity contribution >= 4 is 21.4 Å². The highest BCUT2D eigenvalue weighted by atomic mass is 32.1. The summed E-state index contributed by atoms with van der Waals surface area (Å²) in [5.74, 6) is 0. The summed E-state index contributed by atoms with van der Waals surface area (Å²) in [6.45, 7) is 3.10. The molecule has 2 aromatic rings. The molecule has 0 atom stereocenters. The number of hydrogen-bond acceptors (Lipinski definition) is 4. The fraction of sp³-hybridized carbons (Fsp3) is 0.429. The van der Waals surface area contributed by atoms with Crippen LogP contribution in [0.4, 0.5) is 0 Å². The van der Waals surface area contributed by atoms with E-state index in [2.05, 4.69) is 35.0 Å². The van der Waals surface area contributed by atoms with Gasteiger partial charge in [-0.15, -0.1) is 11.3 Å². The molecule has 4 heteroatoms. The van der Waals surface area contributed by atoms with Crippen molar-refractivity contribution in [1.29, 1.82) is 0 Å². The highest BCUT2D eigenvalue weighted by Crippen LogP contribution is 2.25. The van der Waals surface area contributed by atoms with Crippen LogP contribution in [0.25, 0.3) is 10.1 Å². The summed E-state index contributed by atoms with van der Waals surface area (Å²) in [7, 11) is 0. The molecule has 0 aliphatic rings. The first-order chi connectivity index (χ1) is 8.92. The maximum atomic E-state index is 8.56. The van der Waals surface area contributed by atoms with E-state index in [0.717, 1.165) is 19.5 Å². The molecule has 98 valence electrons. The molecule has 3 nitrogen and oxygen atoms in total. The van der Waals surface area contributed by atoms with Crippen molar-refractivity contribution in [2.45, 2.75) is 13.0 Å². The van der Waals surface area contributed by atoms with Crippen LogP contribution in [0, 0.1) is 0 Å². The largest absolute Gasteiger partial charge is 0.394 e. The molecule has 2 rings (SSSR count). The molecule has 1 aromatic heterocycles. The minimum Gasteiger partial charge on any atom is -0.394 e. The molecule has 0 aliphatic carbocycles. The quantitative estimate of drug-likeness (QED) is 0.720. The highest BCUT2D eigenvalue weighted by molar-refractivity contribution is 7.17. The van der Waals surface area contributed by atoms with Crippen LogP contribution in [0.5, 0.6) is 0 Å². The van der Waals surface area contributed by atoms with E-state index in [0.29, 0.717) is 13.2 Å². The van der Waals surface area contributed by atoms with Gasteiger partial charge < -0.3 is 15.2 Å². The Morgan fingerprint density at radius 3 is 3.00 bits per heavy atom. The van der Waals surface area contributed by atoms with Crippen LogP contribution in [-0.4, -0.2) is 31.5 Å². The summed E-state index contributed by atoms with van der Waals surface area (Å²) in [6, 6.07) is 8.50. The van der Waals surface area contributed by atoms with E-state index < -0.39 is 0 Å². The molecule has 0 amide bonds. The summed E-state index contributed by atoms with van der Waals surface area (Å²) in [5.41, 5.74) is 1.37. The number of nitrogens with one attached hydrogen (secondary N) is 1. The van der Waals surface area contributed by atoms with Gasteiger partial charge in [-0.1, -0.05) is 18.2 Å². The van der Waals surface area contributed by atoms with Crippen LogP contribution in [0.15, 0.2) is 29.6 Å². The minimum absolute atomic E-state index is 0.105. The van der Waals surface area contributed by atoms with Gasteiger partial charge in [0.1, 0.15) is 0 Å². The first kappa shape index (κ1) is 13.5. The lowest BCUT2D eigenvalue weighted by Crippen LogP contribution is -2.16. The lowest BCUT2D eigenvalue weighted by Gasteiger charge is -2.04. The Balaban J connectivity index is 1.70. The van der Waals surface area contributed by atoms with Gasteiger partial charge in [0.2, 0.25) is 0 Å². The second kappa shape index (κ2) is 7.48. The van der Waals surface area contributed by atoms with Gasteiger partial charge in [-0.3, -0.25) is 0 Å². The zero-order valence-corrected chi connectivity index (χ0v) is 11.2. The molecule has 0 unspecified atom stereocenters. The van der Waals surface area contributed by atoms with E-state index in [4.69, 9.17) is 9.84 Å². The van der Waals surface area contributed by atoms with E-state index in [1.807, 2.05) is 0 Å². The molecule has 0 fully saturated rings. The third-order valence-electron chi connectivity index (χ3n) is 2.75. The molecular formula is C14H19NO2S. The summed E-state index contributed by atoms with van der Waals surface area (Å²) in [5, 5.41) is 15.6. The van der Waals surface area contributed by atoms with Crippen molar-refractivity contribution in [3.63, 3.8) is 0 Å². The molecule has 1 aromatic carbocycles. The maximum Gasteiger partial charge on any atom is 0.0697 e. The fourth-order valence-electron chi connectivity index (χ4n) is 1.86. The Hall–Kier alpha value is -0.940. The molecule has 0 spiro atoms. The summed E-state index contributed by atoms with van der Waals surface area (Å²) in [6.07, 6.45) is 0.974. The van der Waals surface area contributed by atoms with E-state index in [1.54, 1.807) is 11.3 Å². The minimum atomic E-state index is 0.105. The van der Waals surface area contributed by atoms with Crippen molar-refractivity contribution in [3.8, 4) is 0 Å². The smallest absolute Gasteiger partial charge is 0.0697 e. The average Bonchev–Trinajstić information content (AvgIpc) is 2.81. The van der Waals surface area contributed by atoms with E-state index in [1.165, 1.54) is 15.6 Å². The molecule has 18 heavy (non-hydrogen) atoms. The number of ether oxygens (including phenoxy) is 1. The molecule has 0 aliphatic heterocycles. The molecule has 0 saturated carbocycles. The Bertz CT molecular complexity index is 470. The number of thiophene rings is 1. The van der Waals surface area contributed by atoms with Gasteiger partial charge in [0.15, 0.2) is 0 Å². The van der Waals surface area contributed by atoms with Gasteiger partial charge in [-0.05, 0) is 35.4 Å². The van der Waals surface area contributed by atoms with Crippen LogP contribution in [0.2, 0.25) is 0 Å². The molecule has 0 radical (unpaired) electrons. The lowest BCUT2D eigenvalue weighted by atomic mass is 10.2. The first-order valence-corrected chi connectivity index (χ1v) is 7.14. The van der Waals surface area contributed by atoms with Crippen LogP contribution >= 0.6 is 11.3 Å². The van der Waals surface area contributed by atoms with Crippen molar-refractivity contribution in [2.24, 2.45) is 0 Å². The van der Waals surface area contributed by atoms with Crippen molar-refractivity contribution < 1.29 is 9.84 Å². The monoisotopic (exact) mass is 265 g/mol. The SMILES string of the molecule is OCCOCCCNCc1csc2ccccc12. The van der Waals surface area contributed by atoms with Gasteiger partial charge in [0.05, 0.1) is 13.2 Å². The number of rotatable bonds is 8. The Morgan fingerprint density at radius 1 is 1.22 bits per heavy atom. The number of benzene rings is 1. The van der Waals surface area contributed by atoms with Gasteiger partial charge in [-0.2, -0.15) is 0 Å².